The lowest BCUT2D eigenvalue weighted by Crippen LogP contribution is -2.22. The van der Waals surface area contributed by atoms with Gasteiger partial charge in [0.2, 0.25) is 5.91 Å². The van der Waals surface area contributed by atoms with Crippen LogP contribution in [0.2, 0.25) is 15.1 Å². The second-order valence-corrected chi connectivity index (χ2v) is 5.17. The van der Waals surface area contributed by atoms with E-state index in [1.165, 1.54) is 6.20 Å². The topological polar surface area (TPSA) is 54.0 Å². The summed E-state index contributed by atoms with van der Waals surface area (Å²) in [6, 6.07) is 8.24. The first-order valence-corrected chi connectivity index (χ1v) is 6.78. The minimum Gasteiger partial charge on any atom is -0.375 e. The number of hydrogen-bond donors (Lipinski definition) is 2. The number of hydrogen-bond acceptors (Lipinski definition) is 3. The lowest BCUT2D eigenvalue weighted by molar-refractivity contribution is -0.114. The summed E-state index contributed by atoms with van der Waals surface area (Å²) in [5, 5.41) is 7.07. The average Bonchev–Trinajstić information content (AvgIpc) is 2.42. The SMILES string of the molecule is O=C(CNc1cc(Cl)ccc1Cl)Nc1ccc(Cl)cn1. The molecule has 104 valence electrons. The predicted octanol–water partition coefficient (Wildman–Crippen LogP) is 4.09. The summed E-state index contributed by atoms with van der Waals surface area (Å²) in [4.78, 5) is 15.7. The van der Waals surface area contributed by atoms with Gasteiger partial charge in [-0.2, -0.15) is 0 Å². The Morgan fingerprint density at radius 1 is 1.10 bits per heavy atom. The minimum atomic E-state index is -0.254. The molecular weight excluding hydrogens is 321 g/mol. The highest BCUT2D eigenvalue weighted by Gasteiger charge is 2.06. The van der Waals surface area contributed by atoms with Crippen LogP contribution in [0.1, 0.15) is 0 Å². The van der Waals surface area contributed by atoms with Crippen LogP contribution in [0.25, 0.3) is 0 Å². The van der Waals surface area contributed by atoms with Gasteiger partial charge in [0.05, 0.1) is 22.3 Å². The van der Waals surface area contributed by atoms with Crippen molar-refractivity contribution in [3.05, 3.63) is 51.6 Å². The van der Waals surface area contributed by atoms with Crippen LogP contribution < -0.4 is 10.6 Å². The molecule has 0 aliphatic rings. The van der Waals surface area contributed by atoms with E-state index >= 15 is 0 Å². The van der Waals surface area contributed by atoms with Crippen LogP contribution in [0, 0.1) is 0 Å². The molecule has 0 saturated carbocycles. The van der Waals surface area contributed by atoms with E-state index in [2.05, 4.69) is 15.6 Å². The number of nitrogens with zero attached hydrogens (tertiary/aromatic N) is 1. The van der Waals surface area contributed by atoms with Gasteiger partial charge in [-0.15, -0.1) is 0 Å². The standard InChI is InChI=1S/C13H10Cl3N3O/c14-8-1-3-10(16)11(5-8)17-7-13(20)19-12-4-2-9(15)6-18-12/h1-6,17H,7H2,(H,18,19,20). The highest BCUT2D eigenvalue weighted by Crippen LogP contribution is 2.25. The monoisotopic (exact) mass is 329 g/mol. The Morgan fingerprint density at radius 3 is 2.55 bits per heavy atom. The Bertz CT molecular complexity index is 617. The number of pyridine rings is 1. The summed E-state index contributed by atoms with van der Waals surface area (Å²) in [6.07, 6.45) is 1.46. The second kappa shape index (κ2) is 6.79. The largest absolute Gasteiger partial charge is 0.375 e. The number of anilines is 2. The second-order valence-electron chi connectivity index (χ2n) is 3.89. The maximum Gasteiger partial charge on any atom is 0.244 e. The third-order valence-corrected chi connectivity index (χ3v) is 3.15. The maximum absolute atomic E-state index is 11.7. The Morgan fingerprint density at radius 2 is 1.85 bits per heavy atom. The predicted molar refractivity (Wildman–Crippen MR) is 82.8 cm³/mol. The van der Waals surface area contributed by atoms with Crippen LogP contribution in [0.15, 0.2) is 36.5 Å². The molecule has 0 aliphatic carbocycles. The van der Waals surface area contributed by atoms with E-state index < -0.39 is 0 Å². The van der Waals surface area contributed by atoms with Crippen molar-refractivity contribution in [1.82, 2.24) is 4.98 Å². The van der Waals surface area contributed by atoms with E-state index in [1.54, 1.807) is 30.3 Å². The van der Waals surface area contributed by atoms with Gasteiger partial charge in [0, 0.05) is 11.2 Å². The summed E-state index contributed by atoms with van der Waals surface area (Å²) in [5.41, 5.74) is 0.596. The molecule has 1 heterocycles. The molecule has 0 spiro atoms. The molecule has 0 bridgehead atoms. The number of carbonyl (C=O) groups excluding carboxylic acids is 1. The summed E-state index contributed by atoms with van der Waals surface area (Å²) in [7, 11) is 0. The first-order valence-electron chi connectivity index (χ1n) is 5.65. The van der Waals surface area contributed by atoms with Crippen molar-refractivity contribution >= 4 is 52.2 Å². The molecule has 1 aromatic heterocycles. The van der Waals surface area contributed by atoms with E-state index in [-0.39, 0.29) is 12.5 Å². The molecule has 7 heteroatoms. The van der Waals surface area contributed by atoms with Crippen molar-refractivity contribution < 1.29 is 4.79 Å². The van der Waals surface area contributed by atoms with Gasteiger partial charge in [0.1, 0.15) is 5.82 Å². The first-order chi connectivity index (χ1) is 9.54. The van der Waals surface area contributed by atoms with Gasteiger partial charge >= 0.3 is 0 Å². The van der Waals surface area contributed by atoms with Crippen molar-refractivity contribution in [2.45, 2.75) is 0 Å². The Hall–Kier alpha value is -1.49. The van der Waals surface area contributed by atoms with E-state index in [0.29, 0.717) is 26.6 Å². The van der Waals surface area contributed by atoms with Gasteiger partial charge in [-0.1, -0.05) is 34.8 Å². The molecule has 1 aromatic carbocycles. The molecule has 4 nitrogen and oxygen atoms in total. The number of halogens is 3. The lowest BCUT2D eigenvalue weighted by atomic mass is 10.3. The summed E-state index contributed by atoms with van der Waals surface area (Å²) in [6.45, 7) is 0.0460. The molecule has 0 radical (unpaired) electrons. The molecule has 0 aliphatic heterocycles. The summed E-state index contributed by atoms with van der Waals surface area (Å²) >= 11 is 17.5. The quantitative estimate of drug-likeness (QED) is 0.887. The fraction of sp³-hybridized carbons (Fsp3) is 0.0769. The molecular formula is C13H10Cl3N3O. The Balaban J connectivity index is 1.92. The van der Waals surface area contributed by atoms with Crippen LogP contribution in [0.3, 0.4) is 0 Å². The smallest absolute Gasteiger partial charge is 0.244 e. The van der Waals surface area contributed by atoms with Crippen molar-refractivity contribution in [2.24, 2.45) is 0 Å². The van der Waals surface area contributed by atoms with E-state index in [4.69, 9.17) is 34.8 Å². The highest BCUT2D eigenvalue weighted by atomic mass is 35.5. The van der Waals surface area contributed by atoms with Crippen molar-refractivity contribution in [1.29, 1.82) is 0 Å². The Labute approximate surface area is 131 Å². The van der Waals surface area contributed by atoms with Gasteiger partial charge in [-0.25, -0.2) is 4.98 Å². The summed E-state index contributed by atoms with van der Waals surface area (Å²) < 4.78 is 0. The fourth-order valence-electron chi connectivity index (χ4n) is 1.45. The molecule has 0 atom stereocenters. The zero-order valence-corrected chi connectivity index (χ0v) is 12.4. The lowest BCUT2D eigenvalue weighted by Gasteiger charge is -2.09. The number of nitrogens with one attached hydrogen (secondary N) is 2. The van der Waals surface area contributed by atoms with Crippen molar-refractivity contribution in [2.75, 3.05) is 17.2 Å². The number of aromatic nitrogens is 1. The van der Waals surface area contributed by atoms with Crippen molar-refractivity contribution in [3.8, 4) is 0 Å². The molecule has 0 saturated heterocycles. The molecule has 2 rings (SSSR count). The van der Waals surface area contributed by atoms with Crippen LogP contribution in [-0.4, -0.2) is 17.4 Å². The zero-order valence-electron chi connectivity index (χ0n) is 10.2. The minimum absolute atomic E-state index is 0.0460. The normalized spacial score (nSPS) is 10.2. The third-order valence-electron chi connectivity index (χ3n) is 2.36. The summed E-state index contributed by atoms with van der Waals surface area (Å²) in [5.74, 6) is 0.175. The van der Waals surface area contributed by atoms with Gasteiger partial charge in [-0.3, -0.25) is 4.79 Å². The van der Waals surface area contributed by atoms with E-state index in [9.17, 15) is 4.79 Å². The molecule has 0 fully saturated rings. The van der Waals surface area contributed by atoms with Crippen LogP contribution in [-0.2, 0) is 4.79 Å². The van der Waals surface area contributed by atoms with Gasteiger partial charge < -0.3 is 10.6 Å². The molecule has 20 heavy (non-hydrogen) atoms. The van der Waals surface area contributed by atoms with Crippen molar-refractivity contribution in [3.63, 3.8) is 0 Å². The van der Waals surface area contributed by atoms with Crippen LogP contribution in [0.5, 0.6) is 0 Å². The van der Waals surface area contributed by atoms with Gasteiger partial charge in [-0.05, 0) is 30.3 Å². The molecule has 2 N–H and O–H groups in total. The number of rotatable bonds is 4. The van der Waals surface area contributed by atoms with Crippen LogP contribution in [0.4, 0.5) is 11.5 Å². The Kier molecular flexibility index (Phi) is 5.06. The highest BCUT2D eigenvalue weighted by molar-refractivity contribution is 6.35. The third kappa shape index (κ3) is 4.27. The number of carbonyl (C=O) groups is 1. The van der Waals surface area contributed by atoms with Gasteiger partial charge in [0.15, 0.2) is 0 Å². The zero-order chi connectivity index (χ0) is 14.5. The average molecular weight is 331 g/mol. The van der Waals surface area contributed by atoms with E-state index in [0.717, 1.165) is 0 Å². The fourth-order valence-corrected chi connectivity index (χ4v) is 1.91. The molecule has 0 unspecified atom stereocenters. The van der Waals surface area contributed by atoms with E-state index in [1.807, 2.05) is 0 Å². The van der Waals surface area contributed by atoms with Crippen LogP contribution >= 0.6 is 34.8 Å². The number of amides is 1. The molecule has 1 amide bonds. The van der Waals surface area contributed by atoms with Gasteiger partial charge in [0.25, 0.3) is 0 Å². The first kappa shape index (κ1) is 14.9. The number of benzene rings is 1. The maximum atomic E-state index is 11.7. The molecule has 2 aromatic rings.